The van der Waals surface area contributed by atoms with Gasteiger partial charge in [0, 0.05) is 18.3 Å². The molecule has 1 aromatic heterocycles. The van der Waals surface area contributed by atoms with Crippen LogP contribution in [0.5, 0.6) is 0 Å². The zero-order valence-electron chi connectivity index (χ0n) is 14.4. The molecule has 1 heterocycles. The van der Waals surface area contributed by atoms with Gasteiger partial charge in [0.15, 0.2) is 0 Å². The molecule has 0 saturated heterocycles. The standard InChI is InChI=1S/C20H23N3O/c1-15-12-23(19-6-4-5-17(11-19)14-24)21-20(15)18-9-7-16(8-10-18)13-22(2)3/h4-12,24H,13-14H2,1-3H3. The molecule has 0 aliphatic heterocycles. The zero-order chi connectivity index (χ0) is 17.1. The first-order valence-corrected chi connectivity index (χ1v) is 8.07. The quantitative estimate of drug-likeness (QED) is 0.783. The van der Waals surface area contributed by atoms with E-state index in [1.165, 1.54) is 5.56 Å². The number of aromatic nitrogens is 2. The highest BCUT2D eigenvalue weighted by molar-refractivity contribution is 5.63. The van der Waals surface area contributed by atoms with Crippen LogP contribution >= 0.6 is 0 Å². The summed E-state index contributed by atoms with van der Waals surface area (Å²) in [6, 6.07) is 16.4. The Labute approximate surface area is 143 Å². The fourth-order valence-corrected chi connectivity index (χ4v) is 2.81. The largest absolute Gasteiger partial charge is 0.392 e. The highest BCUT2D eigenvalue weighted by atomic mass is 16.3. The van der Waals surface area contributed by atoms with Gasteiger partial charge >= 0.3 is 0 Å². The molecule has 0 saturated carbocycles. The molecule has 0 radical (unpaired) electrons. The second-order valence-corrected chi connectivity index (χ2v) is 6.37. The number of aryl methyl sites for hydroxylation is 1. The lowest BCUT2D eigenvalue weighted by Gasteiger charge is -2.09. The Balaban J connectivity index is 1.91. The van der Waals surface area contributed by atoms with Crippen molar-refractivity contribution >= 4 is 0 Å². The summed E-state index contributed by atoms with van der Waals surface area (Å²) in [6.45, 7) is 3.04. The van der Waals surface area contributed by atoms with Crippen molar-refractivity contribution in [2.75, 3.05) is 14.1 Å². The third-order valence-corrected chi connectivity index (χ3v) is 3.98. The Morgan fingerprint density at radius 3 is 2.46 bits per heavy atom. The van der Waals surface area contributed by atoms with Gasteiger partial charge in [-0.25, -0.2) is 4.68 Å². The van der Waals surface area contributed by atoms with Crippen molar-refractivity contribution in [2.45, 2.75) is 20.1 Å². The average Bonchev–Trinajstić information content (AvgIpc) is 2.97. The topological polar surface area (TPSA) is 41.3 Å². The number of rotatable bonds is 5. The summed E-state index contributed by atoms with van der Waals surface area (Å²) in [5, 5.41) is 14.0. The van der Waals surface area contributed by atoms with Crippen molar-refractivity contribution in [1.82, 2.24) is 14.7 Å². The van der Waals surface area contributed by atoms with E-state index in [-0.39, 0.29) is 6.61 Å². The maximum Gasteiger partial charge on any atom is 0.0956 e. The maximum absolute atomic E-state index is 9.30. The predicted molar refractivity (Wildman–Crippen MR) is 97.1 cm³/mol. The molecule has 3 aromatic rings. The van der Waals surface area contributed by atoms with Gasteiger partial charge in [-0.2, -0.15) is 5.10 Å². The highest BCUT2D eigenvalue weighted by Crippen LogP contribution is 2.24. The van der Waals surface area contributed by atoms with Crippen molar-refractivity contribution in [1.29, 1.82) is 0 Å². The Morgan fingerprint density at radius 1 is 1.04 bits per heavy atom. The number of hydrogen-bond donors (Lipinski definition) is 1. The molecule has 0 fully saturated rings. The molecular formula is C20H23N3O. The highest BCUT2D eigenvalue weighted by Gasteiger charge is 2.09. The first-order chi connectivity index (χ1) is 11.6. The van der Waals surface area contributed by atoms with Gasteiger partial charge in [-0.3, -0.25) is 0 Å². The molecular weight excluding hydrogens is 298 g/mol. The molecule has 3 rings (SSSR count). The predicted octanol–water partition coefficient (Wildman–Crippen LogP) is 3.40. The minimum Gasteiger partial charge on any atom is -0.392 e. The van der Waals surface area contributed by atoms with Gasteiger partial charge in [0.1, 0.15) is 0 Å². The van der Waals surface area contributed by atoms with Gasteiger partial charge in [-0.1, -0.05) is 36.4 Å². The molecule has 0 atom stereocenters. The molecule has 24 heavy (non-hydrogen) atoms. The summed E-state index contributed by atoms with van der Waals surface area (Å²) in [4.78, 5) is 2.16. The van der Waals surface area contributed by atoms with Gasteiger partial charge in [0.2, 0.25) is 0 Å². The van der Waals surface area contributed by atoms with Crippen molar-refractivity contribution in [3.05, 3.63) is 71.4 Å². The van der Waals surface area contributed by atoms with Gasteiger partial charge < -0.3 is 10.0 Å². The van der Waals surface area contributed by atoms with E-state index in [1.54, 1.807) is 0 Å². The third kappa shape index (κ3) is 3.55. The molecule has 0 amide bonds. The Bertz CT molecular complexity index is 819. The van der Waals surface area contributed by atoms with E-state index in [1.807, 2.05) is 35.1 Å². The van der Waals surface area contributed by atoms with E-state index in [9.17, 15) is 5.11 Å². The molecule has 0 spiro atoms. The van der Waals surface area contributed by atoms with Gasteiger partial charge in [-0.15, -0.1) is 0 Å². The summed E-state index contributed by atoms with van der Waals surface area (Å²) in [7, 11) is 4.14. The smallest absolute Gasteiger partial charge is 0.0956 e. The number of nitrogens with zero attached hydrogens (tertiary/aromatic N) is 3. The fraction of sp³-hybridized carbons (Fsp3) is 0.250. The second-order valence-electron chi connectivity index (χ2n) is 6.37. The minimum atomic E-state index is 0.0360. The molecule has 0 unspecified atom stereocenters. The van der Waals surface area contributed by atoms with Crippen LogP contribution < -0.4 is 0 Å². The zero-order valence-corrected chi connectivity index (χ0v) is 14.4. The molecule has 124 valence electrons. The first-order valence-electron chi connectivity index (χ1n) is 8.07. The lowest BCUT2D eigenvalue weighted by Crippen LogP contribution is -2.10. The van der Waals surface area contributed by atoms with Crippen LogP contribution in [0, 0.1) is 6.92 Å². The molecule has 0 aliphatic carbocycles. The van der Waals surface area contributed by atoms with Crippen molar-refractivity contribution in [3.8, 4) is 16.9 Å². The minimum absolute atomic E-state index is 0.0360. The van der Waals surface area contributed by atoms with E-state index in [0.717, 1.165) is 34.6 Å². The number of benzene rings is 2. The normalized spacial score (nSPS) is 11.2. The van der Waals surface area contributed by atoms with Crippen LogP contribution in [-0.2, 0) is 13.2 Å². The summed E-state index contributed by atoms with van der Waals surface area (Å²) >= 11 is 0. The van der Waals surface area contributed by atoms with Crippen molar-refractivity contribution < 1.29 is 5.11 Å². The van der Waals surface area contributed by atoms with Gasteiger partial charge in [0.05, 0.1) is 18.0 Å². The van der Waals surface area contributed by atoms with E-state index < -0.39 is 0 Å². The Kier molecular flexibility index (Phi) is 4.79. The van der Waals surface area contributed by atoms with E-state index in [0.29, 0.717) is 0 Å². The van der Waals surface area contributed by atoms with E-state index in [2.05, 4.69) is 50.2 Å². The van der Waals surface area contributed by atoms with Crippen LogP contribution in [0.4, 0.5) is 0 Å². The van der Waals surface area contributed by atoms with Crippen LogP contribution in [0.2, 0.25) is 0 Å². The molecule has 2 aromatic carbocycles. The summed E-state index contributed by atoms with van der Waals surface area (Å²) in [5.74, 6) is 0. The summed E-state index contributed by atoms with van der Waals surface area (Å²) in [5.41, 5.74) is 6.37. The van der Waals surface area contributed by atoms with Crippen LogP contribution in [0.1, 0.15) is 16.7 Å². The van der Waals surface area contributed by atoms with Crippen molar-refractivity contribution in [2.24, 2.45) is 0 Å². The summed E-state index contributed by atoms with van der Waals surface area (Å²) < 4.78 is 1.87. The average molecular weight is 321 g/mol. The Morgan fingerprint density at radius 2 is 1.79 bits per heavy atom. The molecule has 0 aliphatic rings. The lowest BCUT2D eigenvalue weighted by molar-refractivity contribution is 0.282. The third-order valence-electron chi connectivity index (χ3n) is 3.98. The molecule has 4 heteroatoms. The molecule has 1 N–H and O–H groups in total. The van der Waals surface area contributed by atoms with Crippen LogP contribution in [0.15, 0.2) is 54.7 Å². The van der Waals surface area contributed by atoms with E-state index in [4.69, 9.17) is 5.10 Å². The molecule has 4 nitrogen and oxygen atoms in total. The van der Waals surface area contributed by atoms with Crippen LogP contribution in [-0.4, -0.2) is 33.9 Å². The number of aliphatic hydroxyl groups excluding tert-OH is 1. The molecule has 0 bridgehead atoms. The van der Waals surface area contributed by atoms with Gasteiger partial charge in [0.25, 0.3) is 0 Å². The van der Waals surface area contributed by atoms with Crippen LogP contribution in [0.25, 0.3) is 16.9 Å². The van der Waals surface area contributed by atoms with E-state index >= 15 is 0 Å². The first kappa shape index (κ1) is 16.4. The van der Waals surface area contributed by atoms with Crippen LogP contribution in [0.3, 0.4) is 0 Å². The second kappa shape index (κ2) is 6.99. The monoisotopic (exact) mass is 321 g/mol. The SMILES string of the molecule is Cc1cn(-c2cccc(CO)c2)nc1-c1ccc(CN(C)C)cc1. The number of aliphatic hydroxyl groups is 1. The number of hydrogen-bond acceptors (Lipinski definition) is 3. The summed E-state index contributed by atoms with van der Waals surface area (Å²) in [6.07, 6.45) is 2.03. The lowest BCUT2D eigenvalue weighted by atomic mass is 10.1. The fourth-order valence-electron chi connectivity index (χ4n) is 2.81. The Hall–Kier alpha value is -2.43. The van der Waals surface area contributed by atoms with Gasteiger partial charge in [-0.05, 0) is 49.8 Å². The van der Waals surface area contributed by atoms with Crippen molar-refractivity contribution in [3.63, 3.8) is 0 Å². The maximum atomic E-state index is 9.30.